The van der Waals surface area contributed by atoms with E-state index in [2.05, 4.69) is 20.8 Å². The monoisotopic (exact) mass is 170 g/mol. The molecule has 0 radical (unpaired) electrons. The van der Waals surface area contributed by atoms with Crippen molar-refractivity contribution in [1.29, 1.82) is 0 Å². The highest BCUT2D eigenvalue weighted by Gasteiger charge is 2.31. The van der Waals surface area contributed by atoms with Gasteiger partial charge in [0.25, 0.3) is 0 Å². The van der Waals surface area contributed by atoms with Crippen LogP contribution in [0.1, 0.15) is 59.3 Å². The SMILES string of the molecule is CC(C)(C)CCC1(O)CCCC1. The summed E-state index contributed by atoms with van der Waals surface area (Å²) in [6.45, 7) is 6.72. The van der Waals surface area contributed by atoms with E-state index in [9.17, 15) is 5.11 Å². The fraction of sp³-hybridized carbons (Fsp3) is 1.00. The Balaban J connectivity index is 2.30. The molecule has 0 spiro atoms. The summed E-state index contributed by atoms with van der Waals surface area (Å²) in [6, 6.07) is 0. The largest absolute Gasteiger partial charge is 0.390 e. The van der Waals surface area contributed by atoms with Crippen LogP contribution in [-0.4, -0.2) is 10.7 Å². The van der Waals surface area contributed by atoms with Crippen molar-refractivity contribution in [3.8, 4) is 0 Å². The third-order valence-corrected chi connectivity index (χ3v) is 2.87. The molecule has 1 aliphatic carbocycles. The Hall–Kier alpha value is -0.0400. The molecule has 0 aromatic heterocycles. The minimum absolute atomic E-state index is 0.298. The Labute approximate surface area is 76.2 Å². The second-order valence-corrected chi connectivity index (χ2v) is 5.49. The number of hydrogen-bond acceptors (Lipinski definition) is 1. The summed E-state index contributed by atoms with van der Waals surface area (Å²) in [5.74, 6) is 0. The third kappa shape index (κ3) is 3.14. The van der Waals surface area contributed by atoms with Gasteiger partial charge in [-0.25, -0.2) is 0 Å². The first-order valence-corrected chi connectivity index (χ1v) is 5.14. The first-order chi connectivity index (χ1) is 5.41. The molecule has 0 aromatic rings. The van der Waals surface area contributed by atoms with Crippen molar-refractivity contribution >= 4 is 0 Å². The van der Waals surface area contributed by atoms with Crippen molar-refractivity contribution in [2.24, 2.45) is 5.41 Å². The van der Waals surface area contributed by atoms with E-state index in [-0.39, 0.29) is 5.60 Å². The van der Waals surface area contributed by atoms with Gasteiger partial charge >= 0.3 is 0 Å². The Morgan fingerprint density at radius 2 is 1.67 bits per heavy atom. The molecule has 0 aliphatic heterocycles. The number of rotatable bonds is 2. The first kappa shape index (κ1) is 10.0. The summed E-state index contributed by atoms with van der Waals surface area (Å²) in [4.78, 5) is 0. The van der Waals surface area contributed by atoms with Gasteiger partial charge in [0.15, 0.2) is 0 Å². The van der Waals surface area contributed by atoms with Crippen LogP contribution in [0.4, 0.5) is 0 Å². The molecular formula is C11H22O. The minimum atomic E-state index is -0.298. The van der Waals surface area contributed by atoms with Gasteiger partial charge < -0.3 is 5.11 Å². The second kappa shape index (κ2) is 3.37. The predicted octanol–water partition coefficient (Wildman–Crippen LogP) is 3.12. The maximum absolute atomic E-state index is 10.1. The molecule has 1 nitrogen and oxygen atoms in total. The van der Waals surface area contributed by atoms with Crippen LogP contribution >= 0.6 is 0 Å². The van der Waals surface area contributed by atoms with Gasteiger partial charge in [-0.05, 0) is 31.1 Å². The van der Waals surface area contributed by atoms with Gasteiger partial charge in [-0.2, -0.15) is 0 Å². The molecule has 0 atom stereocenters. The highest BCUT2D eigenvalue weighted by atomic mass is 16.3. The van der Waals surface area contributed by atoms with Crippen LogP contribution in [-0.2, 0) is 0 Å². The maximum atomic E-state index is 10.1. The summed E-state index contributed by atoms with van der Waals surface area (Å²) in [5.41, 5.74) is 0.0750. The first-order valence-electron chi connectivity index (χ1n) is 5.14. The molecule has 0 aromatic carbocycles. The molecule has 72 valence electrons. The lowest BCUT2D eigenvalue weighted by Gasteiger charge is -2.27. The second-order valence-electron chi connectivity index (χ2n) is 5.49. The van der Waals surface area contributed by atoms with Crippen LogP contribution in [0.25, 0.3) is 0 Å². The van der Waals surface area contributed by atoms with Crippen molar-refractivity contribution < 1.29 is 5.11 Å². The van der Waals surface area contributed by atoms with Gasteiger partial charge in [-0.3, -0.25) is 0 Å². The van der Waals surface area contributed by atoms with E-state index in [1.165, 1.54) is 12.8 Å². The van der Waals surface area contributed by atoms with E-state index in [4.69, 9.17) is 0 Å². The molecule has 12 heavy (non-hydrogen) atoms. The van der Waals surface area contributed by atoms with Crippen LogP contribution in [0.3, 0.4) is 0 Å². The smallest absolute Gasteiger partial charge is 0.0648 e. The van der Waals surface area contributed by atoms with E-state index in [0.717, 1.165) is 25.7 Å². The van der Waals surface area contributed by atoms with Gasteiger partial charge in [-0.15, -0.1) is 0 Å². The third-order valence-electron chi connectivity index (χ3n) is 2.87. The Bertz CT molecular complexity index is 138. The molecule has 0 bridgehead atoms. The summed E-state index contributed by atoms with van der Waals surface area (Å²) in [7, 11) is 0. The lowest BCUT2D eigenvalue weighted by atomic mass is 9.84. The van der Waals surface area contributed by atoms with E-state index < -0.39 is 0 Å². The fourth-order valence-corrected chi connectivity index (χ4v) is 1.89. The lowest BCUT2D eigenvalue weighted by molar-refractivity contribution is 0.0278. The molecule has 0 saturated heterocycles. The van der Waals surface area contributed by atoms with Gasteiger partial charge in [0.05, 0.1) is 5.60 Å². The van der Waals surface area contributed by atoms with E-state index in [1.54, 1.807) is 0 Å². The van der Waals surface area contributed by atoms with Crippen molar-refractivity contribution in [2.75, 3.05) is 0 Å². The topological polar surface area (TPSA) is 20.2 Å². The summed E-state index contributed by atoms with van der Waals surface area (Å²) in [6.07, 6.45) is 6.65. The van der Waals surface area contributed by atoms with Gasteiger partial charge in [0.1, 0.15) is 0 Å². The van der Waals surface area contributed by atoms with Gasteiger partial charge in [0, 0.05) is 0 Å². The van der Waals surface area contributed by atoms with Crippen LogP contribution in [0.15, 0.2) is 0 Å². The number of aliphatic hydroxyl groups is 1. The van der Waals surface area contributed by atoms with Crippen molar-refractivity contribution in [3.05, 3.63) is 0 Å². The van der Waals surface area contributed by atoms with Crippen molar-refractivity contribution in [3.63, 3.8) is 0 Å². The molecule has 1 N–H and O–H groups in total. The quantitative estimate of drug-likeness (QED) is 0.675. The van der Waals surface area contributed by atoms with Gasteiger partial charge in [-0.1, -0.05) is 33.6 Å². The molecule has 0 amide bonds. The van der Waals surface area contributed by atoms with E-state index in [1.807, 2.05) is 0 Å². The summed E-state index contributed by atoms with van der Waals surface area (Å²) >= 11 is 0. The predicted molar refractivity (Wildman–Crippen MR) is 52.1 cm³/mol. The molecule has 1 fully saturated rings. The van der Waals surface area contributed by atoms with Gasteiger partial charge in [0.2, 0.25) is 0 Å². The van der Waals surface area contributed by atoms with E-state index in [0.29, 0.717) is 5.41 Å². The Morgan fingerprint density at radius 1 is 1.17 bits per heavy atom. The molecule has 1 aliphatic rings. The highest BCUT2D eigenvalue weighted by molar-refractivity contribution is 4.85. The van der Waals surface area contributed by atoms with Crippen LogP contribution < -0.4 is 0 Å². The highest BCUT2D eigenvalue weighted by Crippen LogP contribution is 2.36. The van der Waals surface area contributed by atoms with Crippen LogP contribution in [0.2, 0.25) is 0 Å². The minimum Gasteiger partial charge on any atom is -0.390 e. The van der Waals surface area contributed by atoms with Crippen molar-refractivity contribution in [2.45, 2.75) is 64.9 Å². The zero-order valence-corrected chi connectivity index (χ0v) is 8.69. The lowest BCUT2D eigenvalue weighted by Crippen LogP contribution is -2.25. The van der Waals surface area contributed by atoms with Crippen molar-refractivity contribution in [1.82, 2.24) is 0 Å². The maximum Gasteiger partial charge on any atom is 0.0648 e. The number of hydrogen-bond donors (Lipinski definition) is 1. The molecule has 1 rings (SSSR count). The van der Waals surface area contributed by atoms with Crippen LogP contribution in [0.5, 0.6) is 0 Å². The Kier molecular flexibility index (Phi) is 2.82. The summed E-state index contributed by atoms with van der Waals surface area (Å²) in [5, 5.41) is 10.1. The van der Waals surface area contributed by atoms with Crippen LogP contribution in [0, 0.1) is 5.41 Å². The average Bonchev–Trinajstić information content (AvgIpc) is 2.32. The molecule has 0 heterocycles. The molecule has 1 saturated carbocycles. The molecular weight excluding hydrogens is 148 g/mol. The average molecular weight is 170 g/mol. The Morgan fingerprint density at radius 3 is 2.08 bits per heavy atom. The zero-order chi connectivity index (χ0) is 9.24. The molecule has 0 unspecified atom stereocenters. The zero-order valence-electron chi connectivity index (χ0n) is 8.69. The van der Waals surface area contributed by atoms with E-state index >= 15 is 0 Å². The molecule has 1 heteroatoms. The standard InChI is InChI=1S/C11H22O/c1-10(2,3)8-9-11(12)6-4-5-7-11/h12H,4-9H2,1-3H3. The normalized spacial score (nSPS) is 23.0. The summed E-state index contributed by atoms with van der Waals surface area (Å²) < 4.78 is 0. The fourth-order valence-electron chi connectivity index (χ4n) is 1.89.